The molecule has 1 fully saturated rings. The smallest absolute Gasteiger partial charge is 0.328 e. The number of carboxylic acid groups (broad SMARTS) is 1. The lowest BCUT2D eigenvalue weighted by molar-refractivity contribution is -0.131. The van der Waals surface area contributed by atoms with Gasteiger partial charge in [-0.15, -0.1) is 0 Å². The molecular weight excluding hydrogens is 263 g/mol. The fourth-order valence-electron chi connectivity index (χ4n) is 1.94. The third kappa shape index (κ3) is 4.35. The monoisotopic (exact) mass is 280 g/mol. The van der Waals surface area contributed by atoms with E-state index in [0.717, 1.165) is 11.6 Å². The topological polar surface area (TPSA) is 55.8 Å². The van der Waals surface area contributed by atoms with E-state index in [4.69, 9.17) is 14.6 Å². The normalized spacial score (nSPS) is 18.1. The summed E-state index contributed by atoms with van der Waals surface area (Å²) >= 11 is 0. The molecule has 1 aromatic carbocycles. The Bertz CT molecular complexity index is 475. The van der Waals surface area contributed by atoms with Gasteiger partial charge in [0.15, 0.2) is 0 Å². The van der Waals surface area contributed by atoms with Crippen molar-refractivity contribution in [1.82, 2.24) is 0 Å². The number of carboxylic acids is 1. The number of carbonyl (C=O) groups is 1. The highest BCUT2D eigenvalue weighted by molar-refractivity contribution is 5.85. The summed E-state index contributed by atoms with van der Waals surface area (Å²) in [7, 11) is 0. The number of rotatable bonds is 5. The molecule has 4 nitrogen and oxygen atoms in total. The van der Waals surface area contributed by atoms with Crippen LogP contribution >= 0.6 is 0 Å². The van der Waals surface area contributed by atoms with Gasteiger partial charge in [-0.05, 0) is 23.8 Å². The van der Waals surface area contributed by atoms with Gasteiger partial charge in [0.1, 0.15) is 18.0 Å². The molecule has 20 heavy (non-hydrogen) atoms. The zero-order chi connectivity index (χ0) is 14.4. The van der Waals surface area contributed by atoms with Gasteiger partial charge >= 0.3 is 5.97 Å². The van der Waals surface area contributed by atoms with Gasteiger partial charge in [0.05, 0.1) is 0 Å². The third-order valence-electron chi connectivity index (χ3n) is 3.18. The molecule has 1 saturated heterocycles. The minimum atomic E-state index is -1.32. The number of ether oxygens (including phenoxy) is 2. The predicted octanol–water partition coefficient (Wildman–Crippen LogP) is 2.68. The lowest BCUT2D eigenvalue weighted by atomic mass is 9.98. The minimum absolute atomic E-state index is 0.0146. The van der Waals surface area contributed by atoms with Crippen molar-refractivity contribution in [3.8, 4) is 5.75 Å². The first kappa shape index (κ1) is 14.5. The van der Waals surface area contributed by atoms with Crippen molar-refractivity contribution < 1.29 is 23.8 Å². The molecule has 0 atom stereocenters. The van der Waals surface area contributed by atoms with Crippen molar-refractivity contribution in [2.75, 3.05) is 19.8 Å². The number of halogens is 1. The Kier molecular flexibility index (Phi) is 4.74. The highest BCUT2D eigenvalue weighted by Crippen LogP contribution is 2.26. The summed E-state index contributed by atoms with van der Waals surface area (Å²) in [6.07, 6.45) is 3.26. The molecule has 1 N–H and O–H groups in total. The quantitative estimate of drug-likeness (QED) is 0.842. The molecule has 5 heteroatoms. The van der Waals surface area contributed by atoms with Crippen molar-refractivity contribution in [3.63, 3.8) is 0 Å². The Hall–Kier alpha value is -1.88. The van der Waals surface area contributed by atoms with Crippen LogP contribution in [0.4, 0.5) is 4.39 Å². The Morgan fingerprint density at radius 3 is 2.60 bits per heavy atom. The summed E-state index contributed by atoms with van der Waals surface area (Å²) in [5.74, 6) is -0.426. The summed E-state index contributed by atoms with van der Waals surface area (Å²) < 4.78 is 24.9. The lowest BCUT2D eigenvalue weighted by Crippen LogP contribution is -2.37. The summed E-state index contributed by atoms with van der Waals surface area (Å²) in [4.78, 5) is 10.4. The SMILES string of the molecule is O=C(O)/C=C/c1ccc(OCC2(F)CCOCC2)cc1. The third-order valence-corrected chi connectivity index (χ3v) is 3.18. The summed E-state index contributed by atoms with van der Waals surface area (Å²) in [6.45, 7) is 0.873. The van der Waals surface area contributed by atoms with Crippen LogP contribution in [-0.4, -0.2) is 36.6 Å². The molecule has 2 rings (SSSR count). The second kappa shape index (κ2) is 6.52. The van der Waals surface area contributed by atoms with E-state index in [1.165, 1.54) is 6.08 Å². The van der Waals surface area contributed by atoms with Gasteiger partial charge in [0.25, 0.3) is 0 Å². The van der Waals surface area contributed by atoms with Gasteiger partial charge in [0.2, 0.25) is 0 Å². The Morgan fingerprint density at radius 2 is 2.00 bits per heavy atom. The predicted molar refractivity (Wildman–Crippen MR) is 72.5 cm³/mol. The largest absolute Gasteiger partial charge is 0.490 e. The van der Waals surface area contributed by atoms with Crippen LogP contribution in [0.3, 0.4) is 0 Å². The first-order valence-corrected chi connectivity index (χ1v) is 6.48. The zero-order valence-electron chi connectivity index (χ0n) is 11.0. The number of benzene rings is 1. The van der Waals surface area contributed by atoms with Crippen LogP contribution in [0.5, 0.6) is 5.75 Å². The second-order valence-electron chi connectivity index (χ2n) is 4.79. The minimum Gasteiger partial charge on any atom is -0.490 e. The van der Waals surface area contributed by atoms with E-state index in [1.807, 2.05) is 0 Å². The highest BCUT2D eigenvalue weighted by Gasteiger charge is 2.33. The van der Waals surface area contributed by atoms with Crippen LogP contribution in [0.1, 0.15) is 18.4 Å². The summed E-state index contributed by atoms with van der Waals surface area (Å²) in [5, 5.41) is 8.52. The van der Waals surface area contributed by atoms with E-state index in [9.17, 15) is 9.18 Å². The molecule has 0 radical (unpaired) electrons. The van der Waals surface area contributed by atoms with E-state index in [-0.39, 0.29) is 6.61 Å². The van der Waals surface area contributed by atoms with Crippen molar-refractivity contribution in [2.45, 2.75) is 18.5 Å². The van der Waals surface area contributed by atoms with Gasteiger partial charge in [0, 0.05) is 32.1 Å². The molecule has 0 bridgehead atoms. The molecule has 0 saturated carbocycles. The van der Waals surface area contributed by atoms with Crippen LogP contribution in [-0.2, 0) is 9.53 Å². The Morgan fingerprint density at radius 1 is 1.35 bits per heavy atom. The molecular formula is C15H17FO4. The van der Waals surface area contributed by atoms with E-state index in [0.29, 0.717) is 31.8 Å². The maximum Gasteiger partial charge on any atom is 0.328 e. The van der Waals surface area contributed by atoms with E-state index >= 15 is 0 Å². The Balaban J connectivity index is 1.89. The van der Waals surface area contributed by atoms with Crippen LogP contribution in [0.25, 0.3) is 6.08 Å². The lowest BCUT2D eigenvalue weighted by Gasteiger charge is -2.29. The molecule has 0 amide bonds. The molecule has 0 unspecified atom stereocenters. The second-order valence-corrected chi connectivity index (χ2v) is 4.79. The molecule has 0 spiro atoms. The van der Waals surface area contributed by atoms with Gasteiger partial charge in [-0.2, -0.15) is 0 Å². The van der Waals surface area contributed by atoms with Crippen LogP contribution < -0.4 is 4.74 Å². The first-order chi connectivity index (χ1) is 9.57. The molecule has 108 valence electrons. The number of hydrogen-bond acceptors (Lipinski definition) is 3. The maximum absolute atomic E-state index is 14.3. The summed E-state index contributed by atoms with van der Waals surface area (Å²) in [6, 6.07) is 6.85. The molecule has 0 aromatic heterocycles. The van der Waals surface area contributed by atoms with Crippen LogP contribution in [0, 0.1) is 0 Å². The van der Waals surface area contributed by atoms with E-state index in [2.05, 4.69) is 0 Å². The highest BCUT2D eigenvalue weighted by atomic mass is 19.1. The van der Waals surface area contributed by atoms with Crippen molar-refractivity contribution in [3.05, 3.63) is 35.9 Å². The van der Waals surface area contributed by atoms with Gasteiger partial charge < -0.3 is 14.6 Å². The fourth-order valence-corrected chi connectivity index (χ4v) is 1.94. The fraction of sp³-hybridized carbons (Fsp3) is 0.400. The number of aliphatic carboxylic acids is 1. The maximum atomic E-state index is 14.3. The molecule has 1 heterocycles. The van der Waals surface area contributed by atoms with Crippen molar-refractivity contribution >= 4 is 12.0 Å². The van der Waals surface area contributed by atoms with Gasteiger partial charge in [-0.3, -0.25) is 0 Å². The number of alkyl halides is 1. The number of hydrogen-bond donors (Lipinski definition) is 1. The summed E-state index contributed by atoms with van der Waals surface area (Å²) in [5.41, 5.74) is -0.569. The zero-order valence-corrected chi connectivity index (χ0v) is 11.0. The van der Waals surface area contributed by atoms with Gasteiger partial charge in [-0.25, -0.2) is 9.18 Å². The molecule has 1 aliphatic rings. The Labute approximate surface area is 116 Å². The van der Waals surface area contributed by atoms with Crippen molar-refractivity contribution in [1.29, 1.82) is 0 Å². The van der Waals surface area contributed by atoms with Crippen molar-refractivity contribution in [2.24, 2.45) is 0 Å². The average molecular weight is 280 g/mol. The average Bonchev–Trinajstić information content (AvgIpc) is 2.45. The molecule has 0 aliphatic carbocycles. The molecule has 1 aliphatic heterocycles. The first-order valence-electron chi connectivity index (χ1n) is 6.48. The van der Waals surface area contributed by atoms with Crippen LogP contribution in [0.15, 0.2) is 30.3 Å². The molecule has 1 aromatic rings. The van der Waals surface area contributed by atoms with Crippen LogP contribution in [0.2, 0.25) is 0 Å². The standard InChI is InChI=1S/C15H17FO4/c16-15(7-9-19-10-8-15)11-20-13-4-1-12(2-5-13)3-6-14(17)18/h1-6H,7-11H2,(H,17,18)/b6-3+. The van der Waals surface area contributed by atoms with E-state index in [1.54, 1.807) is 24.3 Å². The van der Waals surface area contributed by atoms with Gasteiger partial charge in [-0.1, -0.05) is 12.1 Å². The van der Waals surface area contributed by atoms with E-state index < -0.39 is 11.6 Å².